The van der Waals surface area contributed by atoms with E-state index in [4.69, 9.17) is 5.11 Å². The molecule has 0 aliphatic rings. The van der Waals surface area contributed by atoms with Crippen molar-refractivity contribution in [2.75, 3.05) is 18.1 Å². The van der Waals surface area contributed by atoms with Crippen LogP contribution in [0.15, 0.2) is 33.6 Å². The topological polar surface area (TPSA) is 54.4 Å². The molecule has 1 atom stereocenters. The second-order valence-corrected chi connectivity index (χ2v) is 8.21. The van der Waals surface area contributed by atoms with Crippen molar-refractivity contribution in [2.45, 2.75) is 17.1 Å². The van der Waals surface area contributed by atoms with Gasteiger partial charge in [0.05, 0.1) is 17.3 Å². The van der Waals surface area contributed by atoms with Gasteiger partial charge in [-0.3, -0.25) is 0 Å². The largest absolute Gasteiger partial charge is 0.395 e. The SMILES string of the molecule is CC(CO)SCCS(=O)(=O)c1ccc(Br)cc1. The van der Waals surface area contributed by atoms with Crippen LogP contribution in [-0.2, 0) is 9.84 Å². The fraction of sp³-hybridized carbons (Fsp3) is 0.455. The maximum absolute atomic E-state index is 11.9. The van der Waals surface area contributed by atoms with Crippen LogP contribution in [-0.4, -0.2) is 36.9 Å². The van der Waals surface area contributed by atoms with E-state index in [1.54, 1.807) is 24.3 Å². The average Bonchev–Trinajstić information content (AvgIpc) is 2.29. The normalized spacial score (nSPS) is 13.6. The molecule has 1 aromatic carbocycles. The molecule has 0 saturated carbocycles. The molecule has 17 heavy (non-hydrogen) atoms. The van der Waals surface area contributed by atoms with Crippen molar-refractivity contribution in [3.8, 4) is 0 Å². The summed E-state index contributed by atoms with van der Waals surface area (Å²) in [6, 6.07) is 6.63. The van der Waals surface area contributed by atoms with E-state index >= 15 is 0 Å². The molecule has 0 amide bonds. The van der Waals surface area contributed by atoms with Crippen molar-refractivity contribution < 1.29 is 13.5 Å². The highest BCUT2D eigenvalue weighted by Gasteiger charge is 2.14. The first kappa shape index (κ1) is 15.0. The lowest BCUT2D eigenvalue weighted by Gasteiger charge is -2.08. The van der Waals surface area contributed by atoms with Gasteiger partial charge in [0.2, 0.25) is 0 Å². The summed E-state index contributed by atoms with van der Waals surface area (Å²) in [4.78, 5) is 0.345. The Morgan fingerprint density at radius 1 is 1.35 bits per heavy atom. The van der Waals surface area contributed by atoms with Crippen LogP contribution in [0, 0.1) is 0 Å². The molecule has 1 aromatic rings. The summed E-state index contributed by atoms with van der Waals surface area (Å²) in [6.45, 7) is 1.94. The molecule has 96 valence electrons. The van der Waals surface area contributed by atoms with Crippen LogP contribution in [0.1, 0.15) is 6.92 Å². The van der Waals surface area contributed by atoms with Crippen LogP contribution in [0.2, 0.25) is 0 Å². The van der Waals surface area contributed by atoms with E-state index in [-0.39, 0.29) is 17.6 Å². The summed E-state index contributed by atoms with van der Waals surface area (Å²) in [5.74, 6) is 0.601. The molecule has 0 aromatic heterocycles. The lowest BCUT2D eigenvalue weighted by Crippen LogP contribution is -2.12. The molecule has 0 spiro atoms. The van der Waals surface area contributed by atoms with Gasteiger partial charge < -0.3 is 5.11 Å². The first-order chi connectivity index (χ1) is 7.95. The minimum atomic E-state index is -3.20. The minimum Gasteiger partial charge on any atom is -0.395 e. The third-order valence-electron chi connectivity index (χ3n) is 2.18. The Balaban J connectivity index is 2.60. The monoisotopic (exact) mass is 338 g/mol. The van der Waals surface area contributed by atoms with Crippen LogP contribution >= 0.6 is 27.7 Å². The van der Waals surface area contributed by atoms with Gasteiger partial charge in [0.1, 0.15) is 0 Å². The van der Waals surface area contributed by atoms with E-state index in [1.165, 1.54) is 11.8 Å². The van der Waals surface area contributed by atoms with Gasteiger partial charge in [-0.25, -0.2) is 8.42 Å². The number of hydrogen-bond donors (Lipinski definition) is 1. The number of rotatable bonds is 6. The Morgan fingerprint density at radius 3 is 2.47 bits per heavy atom. The average molecular weight is 339 g/mol. The standard InChI is InChI=1S/C11H15BrO3S2/c1-9(8-13)16-6-7-17(14,15)11-4-2-10(12)3-5-11/h2-5,9,13H,6-8H2,1H3. The Labute approximate surface area is 115 Å². The third-order valence-corrected chi connectivity index (χ3v) is 5.86. The van der Waals surface area contributed by atoms with Crippen molar-refractivity contribution in [1.82, 2.24) is 0 Å². The minimum absolute atomic E-state index is 0.0724. The van der Waals surface area contributed by atoms with Crippen LogP contribution in [0.5, 0.6) is 0 Å². The lowest BCUT2D eigenvalue weighted by atomic mass is 10.4. The van der Waals surface area contributed by atoms with Gasteiger partial charge in [-0.15, -0.1) is 0 Å². The molecule has 0 fully saturated rings. The van der Waals surface area contributed by atoms with Crippen molar-refractivity contribution >= 4 is 37.5 Å². The van der Waals surface area contributed by atoms with Crippen LogP contribution in [0.3, 0.4) is 0 Å². The van der Waals surface area contributed by atoms with Gasteiger partial charge in [0.25, 0.3) is 0 Å². The van der Waals surface area contributed by atoms with Gasteiger partial charge in [0, 0.05) is 15.5 Å². The number of sulfone groups is 1. The molecular weight excluding hydrogens is 324 g/mol. The highest BCUT2D eigenvalue weighted by Crippen LogP contribution is 2.18. The maximum atomic E-state index is 11.9. The molecule has 0 radical (unpaired) electrons. The molecule has 1 unspecified atom stereocenters. The lowest BCUT2D eigenvalue weighted by molar-refractivity contribution is 0.300. The van der Waals surface area contributed by atoms with Crippen LogP contribution in [0.25, 0.3) is 0 Å². The zero-order valence-electron chi connectivity index (χ0n) is 9.47. The summed E-state index contributed by atoms with van der Waals surface area (Å²) in [7, 11) is -3.20. The Morgan fingerprint density at radius 2 is 1.94 bits per heavy atom. The second-order valence-electron chi connectivity index (χ2n) is 3.64. The highest BCUT2D eigenvalue weighted by molar-refractivity contribution is 9.10. The van der Waals surface area contributed by atoms with Gasteiger partial charge in [0.15, 0.2) is 9.84 Å². The molecule has 6 heteroatoms. The molecule has 0 heterocycles. The molecule has 3 nitrogen and oxygen atoms in total. The zero-order valence-corrected chi connectivity index (χ0v) is 12.7. The van der Waals surface area contributed by atoms with Crippen molar-refractivity contribution in [3.63, 3.8) is 0 Å². The Kier molecular flexibility index (Phi) is 5.99. The molecular formula is C11H15BrO3S2. The predicted octanol–water partition coefficient (Wildman–Crippen LogP) is 2.34. The summed E-state index contributed by atoms with van der Waals surface area (Å²) < 4.78 is 24.7. The summed E-state index contributed by atoms with van der Waals surface area (Å²) in [5, 5.41) is 8.92. The predicted molar refractivity (Wildman–Crippen MR) is 75.2 cm³/mol. The number of aliphatic hydroxyl groups excluding tert-OH is 1. The summed E-state index contributed by atoms with van der Waals surface area (Å²) in [5.41, 5.74) is 0. The Hall–Kier alpha value is -0.0400. The fourth-order valence-corrected chi connectivity index (χ4v) is 3.99. The van der Waals surface area contributed by atoms with E-state index in [0.29, 0.717) is 10.6 Å². The van der Waals surface area contributed by atoms with Gasteiger partial charge in [-0.2, -0.15) is 11.8 Å². The number of thioether (sulfide) groups is 1. The van der Waals surface area contributed by atoms with Crippen molar-refractivity contribution in [1.29, 1.82) is 0 Å². The van der Waals surface area contributed by atoms with Gasteiger partial charge in [-0.1, -0.05) is 22.9 Å². The van der Waals surface area contributed by atoms with Crippen molar-refractivity contribution in [3.05, 3.63) is 28.7 Å². The summed E-state index contributed by atoms with van der Waals surface area (Å²) in [6.07, 6.45) is 0. The summed E-state index contributed by atoms with van der Waals surface area (Å²) >= 11 is 4.73. The molecule has 0 aliphatic carbocycles. The van der Waals surface area contributed by atoms with Crippen LogP contribution in [0.4, 0.5) is 0 Å². The van der Waals surface area contributed by atoms with E-state index in [2.05, 4.69) is 15.9 Å². The van der Waals surface area contributed by atoms with Crippen molar-refractivity contribution in [2.24, 2.45) is 0 Å². The fourth-order valence-electron chi connectivity index (χ4n) is 1.17. The molecule has 1 N–H and O–H groups in total. The number of hydrogen-bond acceptors (Lipinski definition) is 4. The molecule has 0 aliphatic heterocycles. The molecule has 1 rings (SSSR count). The first-order valence-corrected chi connectivity index (χ1v) is 8.66. The quantitative estimate of drug-likeness (QED) is 0.864. The molecule has 0 bridgehead atoms. The zero-order chi connectivity index (χ0) is 12.9. The number of aliphatic hydroxyl groups is 1. The number of benzene rings is 1. The van der Waals surface area contributed by atoms with E-state index in [1.807, 2.05) is 6.92 Å². The maximum Gasteiger partial charge on any atom is 0.179 e. The number of halogens is 1. The van der Waals surface area contributed by atoms with Gasteiger partial charge >= 0.3 is 0 Å². The van der Waals surface area contributed by atoms with E-state index in [0.717, 1.165) is 4.47 Å². The first-order valence-electron chi connectivity index (χ1n) is 5.16. The smallest absolute Gasteiger partial charge is 0.179 e. The van der Waals surface area contributed by atoms with Crippen LogP contribution < -0.4 is 0 Å². The highest BCUT2D eigenvalue weighted by atomic mass is 79.9. The van der Waals surface area contributed by atoms with Gasteiger partial charge in [-0.05, 0) is 24.3 Å². The molecule has 0 saturated heterocycles. The van der Waals surface area contributed by atoms with E-state index < -0.39 is 9.84 Å². The Bertz CT molecular complexity index is 442. The second kappa shape index (κ2) is 6.78. The van der Waals surface area contributed by atoms with E-state index in [9.17, 15) is 8.42 Å². The third kappa shape index (κ3) is 4.99.